The van der Waals surface area contributed by atoms with Gasteiger partial charge in [0.15, 0.2) is 5.78 Å². The fraction of sp³-hybridized carbons (Fsp3) is 0.409. The van der Waals surface area contributed by atoms with E-state index in [0.29, 0.717) is 43.6 Å². The summed E-state index contributed by atoms with van der Waals surface area (Å²) in [5, 5.41) is 2.48. The zero-order valence-electron chi connectivity index (χ0n) is 16.3. The van der Waals surface area contributed by atoms with E-state index < -0.39 is 11.5 Å². The second-order valence-corrected chi connectivity index (χ2v) is 7.18. The summed E-state index contributed by atoms with van der Waals surface area (Å²) in [5.74, 6) is 0.215. The van der Waals surface area contributed by atoms with Crippen LogP contribution in [0.1, 0.15) is 46.0 Å². The largest absolute Gasteiger partial charge is 0.381 e. The van der Waals surface area contributed by atoms with Gasteiger partial charge in [-0.3, -0.25) is 14.4 Å². The molecule has 0 aliphatic heterocycles. The lowest BCUT2D eigenvalue weighted by molar-refractivity contribution is 0.0961. The van der Waals surface area contributed by atoms with Gasteiger partial charge in [-0.2, -0.15) is 0 Å². The van der Waals surface area contributed by atoms with Gasteiger partial charge in [-0.25, -0.2) is 0 Å². The van der Waals surface area contributed by atoms with Gasteiger partial charge in [0, 0.05) is 38.4 Å². The van der Waals surface area contributed by atoms with Crippen molar-refractivity contribution < 1.29 is 14.3 Å². The summed E-state index contributed by atoms with van der Waals surface area (Å²) in [6.07, 6.45) is 2.97. The van der Waals surface area contributed by atoms with Crippen LogP contribution >= 0.6 is 0 Å². The number of nitrogens with zero attached hydrogens (tertiary/aromatic N) is 1. The highest BCUT2D eigenvalue weighted by molar-refractivity contribution is 6.00. The van der Waals surface area contributed by atoms with Crippen LogP contribution in [0.15, 0.2) is 47.4 Å². The van der Waals surface area contributed by atoms with Crippen LogP contribution in [0.25, 0.3) is 0 Å². The lowest BCUT2D eigenvalue weighted by Crippen LogP contribution is -2.32. The number of carbonyl (C=O) groups excluding carboxylic acids is 2. The number of rotatable bonds is 9. The van der Waals surface area contributed by atoms with Gasteiger partial charge in [-0.15, -0.1) is 0 Å². The van der Waals surface area contributed by atoms with Gasteiger partial charge in [0.25, 0.3) is 11.5 Å². The van der Waals surface area contributed by atoms with Crippen molar-refractivity contribution in [2.75, 3.05) is 20.3 Å². The van der Waals surface area contributed by atoms with Crippen LogP contribution in [0, 0.1) is 11.8 Å². The molecule has 2 atom stereocenters. The van der Waals surface area contributed by atoms with Crippen molar-refractivity contribution in [1.29, 1.82) is 0 Å². The second kappa shape index (κ2) is 8.97. The summed E-state index contributed by atoms with van der Waals surface area (Å²) >= 11 is 0. The summed E-state index contributed by atoms with van der Waals surface area (Å²) in [5.41, 5.74) is 0.915. The Kier molecular flexibility index (Phi) is 6.41. The Hall–Kier alpha value is -2.73. The number of amides is 1. The van der Waals surface area contributed by atoms with E-state index in [9.17, 15) is 14.4 Å². The molecule has 0 unspecified atom stereocenters. The number of hydrogen-bond acceptors (Lipinski definition) is 4. The van der Waals surface area contributed by atoms with Crippen molar-refractivity contribution in [3.63, 3.8) is 0 Å². The molecular weight excluding hydrogens is 356 g/mol. The molecule has 1 fully saturated rings. The molecule has 6 nitrogen and oxygen atoms in total. The Bertz CT molecular complexity index is 904. The lowest BCUT2D eigenvalue weighted by Gasteiger charge is -2.11. The van der Waals surface area contributed by atoms with Gasteiger partial charge in [0.05, 0.1) is 6.54 Å². The third-order valence-electron chi connectivity index (χ3n) is 5.13. The van der Waals surface area contributed by atoms with Gasteiger partial charge in [-0.05, 0) is 36.8 Å². The summed E-state index contributed by atoms with van der Waals surface area (Å²) in [7, 11) is 1.47. The van der Waals surface area contributed by atoms with Gasteiger partial charge in [0.1, 0.15) is 5.56 Å². The third-order valence-corrected chi connectivity index (χ3v) is 5.13. The van der Waals surface area contributed by atoms with Crippen molar-refractivity contribution in [3.8, 4) is 0 Å². The molecule has 0 bridgehead atoms. The first-order valence-corrected chi connectivity index (χ1v) is 9.65. The summed E-state index contributed by atoms with van der Waals surface area (Å²) in [4.78, 5) is 37.7. The van der Waals surface area contributed by atoms with Crippen LogP contribution in [0.3, 0.4) is 0 Å². The first kappa shape index (κ1) is 20.0. The highest BCUT2D eigenvalue weighted by Crippen LogP contribution is 2.42. The van der Waals surface area contributed by atoms with Crippen molar-refractivity contribution in [2.45, 2.75) is 26.3 Å². The Labute approximate surface area is 164 Å². The average Bonchev–Trinajstić information content (AvgIpc) is 3.45. The molecule has 1 aliphatic rings. The Morgan fingerprint density at radius 2 is 1.96 bits per heavy atom. The van der Waals surface area contributed by atoms with E-state index in [0.717, 1.165) is 12.0 Å². The highest BCUT2D eigenvalue weighted by atomic mass is 16.5. The predicted molar refractivity (Wildman–Crippen MR) is 107 cm³/mol. The topological polar surface area (TPSA) is 77.4 Å². The van der Waals surface area contributed by atoms with E-state index >= 15 is 0 Å². The molecule has 1 aromatic heterocycles. The van der Waals surface area contributed by atoms with E-state index in [1.165, 1.54) is 17.7 Å². The predicted octanol–water partition coefficient (Wildman–Crippen LogP) is 2.50. The SMILES string of the molecule is CCOC[C@@H]1C[C@H]1CC(=O)c1cc(C(=O)NC)c(=O)n(Cc2ccccc2)c1. The minimum Gasteiger partial charge on any atom is -0.381 e. The van der Waals surface area contributed by atoms with Crippen molar-refractivity contribution in [2.24, 2.45) is 11.8 Å². The fourth-order valence-corrected chi connectivity index (χ4v) is 3.37. The molecule has 1 amide bonds. The lowest BCUT2D eigenvalue weighted by atomic mass is 10.0. The number of nitrogens with one attached hydrogen (secondary N) is 1. The van der Waals surface area contributed by atoms with E-state index in [2.05, 4.69) is 5.32 Å². The smallest absolute Gasteiger partial charge is 0.263 e. The van der Waals surface area contributed by atoms with Crippen molar-refractivity contribution in [1.82, 2.24) is 9.88 Å². The van der Waals surface area contributed by atoms with Crippen LogP contribution in [0.2, 0.25) is 0 Å². The summed E-state index contributed by atoms with van der Waals surface area (Å²) < 4.78 is 6.87. The molecule has 1 heterocycles. The second-order valence-electron chi connectivity index (χ2n) is 7.18. The maximum absolute atomic E-state index is 12.8. The monoisotopic (exact) mass is 382 g/mol. The zero-order valence-corrected chi connectivity index (χ0v) is 16.3. The van der Waals surface area contributed by atoms with Crippen LogP contribution in [0.4, 0.5) is 0 Å². The van der Waals surface area contributed by atoms with Gasteiger partial charge >= 0.3 is 0 Å². The van der Waals surface area contributed by atoms with E-state index in [4.69, 9.17) is 4.74 Å². The van der Waals surface area contributed by atoms with E-state index in [1.807, 2.05) is 37.3 Å². The molecule has 6 heteroatoms. The van der Waals surface area contributed by atoms with Gasteiger partial charge < -0.3 is 14.6 Å². The Balaban J connectivity index is 1.84. The number of hydrogen-bond donors (Lipinski definition) is 1. The standard InChI is InChI=1S/C22H26N2O4/c1-3-28-14-18-9-16(18)11-20(25)17-10-19(21(26)23-2)22(27)24(13-17)12-15-7-5-4-6-8-15/h4-8,10,13,16,18H,3,9,11-12,14H2,1-2H3,(H,23,26)/t16-,18-/m0/s1. The van der Waals surface area contributed by atoms with Crippen LogP contribution in [0.5, 0.6) is 0 Å². The normalized spacial score (nSPS) is 17.9. The molecule has 3 rings (SSSR count). The van der Waals surface area contributed by atoms with E-state index in [-0.39, 0.29) is 11.3 Å². The van der Waals surface area contributed by atoms with Gasteiger partial charge in [0.2, 0.25) is 0 Å². The molecule has 1 saturated carbocycles. The van der Waals surface area contributed by atoms with Crippen LogP contribution < -0.4 is 10.9 Å². The number of ketones is 1. The molecule has 0 radical (unpaired) electrons. The molecule has 148 valence electrons. The van der Waals surface area contributed by atoms with Crippen LogP contribution in [-0.2, 0) is 11.3 Å². The third kappa shape index (κ3) is 4.75. The summed E-state index contributed by atoms with van der Waals surface area (Å²) in [6.45, 7) is 3.63. The molecule has 28 heavy (non-hydrogen) atoms. The number of ether oxygens (including phenoxy) is 1. The van der Waals surface area contributed by atoms with Crippen molar-refractivity contribution in [3.05, 3.63) is 69.6 Å². The number of benzene rings is 1. The minimum absolute atomic E-state index is 0.00838. The maximum atomic E-state index is 12.8. The zero-order chi connectivity index (χ0) is 20.1. The molecule has 1 aliphatic carbocycles. The van der Waals surface area contributed by atoms with Crippen LogP contribution in [-0.4, -0.2) is 36.5 Å². The van der Waals surface area contributed by atoms with E-state index in [1.54, 1.807) is 6.20 Å². The maximum Gasteiger partial charge on any atom is 0.263 e. The minimum atomic E-state index is -0.484. The molecule has 0 spiro atoms. The summed E-state index contributed by atoms with van der Waals surface area (Å²) in [6, 6.07) is 10.9. The fourth-order valence-electron chi connectivity index (χ4n) is 3.37. The number of carbonyl (C=O) groups is 2. The number of pyridine rings is 1. The molecule has 2 aromatic rings. The average molecular weight is 382 g/mol. The quantitative estimate of drug-likeness (QED) is 0.676. The molecular formula is C22H26N2O4. The number of aromatic nitrogens is 1. The molecule has 0 saturated heterocycles. The first-order valence-electron chi connectivity index (χ1n) is 9.65. The number of Topliss-reactive ketones (excluding diaryl/α,β-unsaturated/α-hetero) is 1. The Morgan fingerprint density at radius 1 is 1.21 bits per heavy atom. The first-order chi connectivity index (χ1) is 13.5. The molecule has 1 N–H and O–H groups in total. The van der Waals surface area contributed by atoms with Gasteiger partial charge in [-0.1, -0.05) is 30.3 Å². The highest BCUT2D eigenvalue weighted by Gasteiger charge is 2.38. The van der Waals surface area contributed by atoms with Crippen molar-refractivity contribution >= 4 is 11.7 Å². The molecule has 1 aromatic carbocycles. The Morgan fingerprint density at radius 3 is 2.64 bits per heavy atom.